The molecule has 7 N–H and O–H groups in total. The molecule has 0 aliphatic rings. The predicted octanol–water partition coefficient (Wildman–Crippen LogP) is -2.50. The monoisotopic (exact) mass is 245 g/mol. The molecule has 0 saturated heterocycles. The Kier molecular flexibility index (Phi) is 8.29. The van der Waals surface area contributed by atoms with E-state index >= 15 is 0 Å². The minimum Gasteiger partial charge on any atom is -0.370 e. The van der Waals surface area contributed by atoms with Gasteiger partial charge in [-0.1, -0.05) is 0 Å². The van der Waals surface area contributed by atoms with Crippen molar-refractivity contribution in [2.24, 2.45) is 11.5 Å². The highest BCUT2D eigenvalue weighted by Gasteiger charge is 2.16. The molecule has 0 aliphatic heterocycles. The minimum absolute atomic E-state index is 0.132. The summed E-state index contributed by atoms with van der Waals surface area (Å²) in [5.74, 6) is -0.929. The van der Waals surface area contributed by atoms with Gasteiger partial charge in [-0.3, -0.25) is 9.59 Å². The molecule has 0 unspecified atom stereocenters. The second-order valence-corrected chi connectivity index (χ2v) is 3.90. The van der Waals surface area contributed by atoms with Gasteiger partial charge in [0.15, 0.2) is 0 Å². The van der Waals surface area contributed by atoms with Gasteiger partial charge in [-0.2, -0.15) is 0 Å². The Hall–Kier alpha value is -1.18. The number of rotatable bonds is 9. The normalized spacial score (nSPS) is 14.1. The Morgan fingerprint density at radius 3 is 2.41 bits per heavy atom. The zero-order chi connectivity index (χ0) is 13.3. The Bertz CT molecular complexity index is 247. The predicted molar refractivity (Wildman–Crippen MR) is 66.2 cm³/mol. The summed E-state index contributed by atoms with van der Waals surface area (Å²) in [6, 6.07) is -0.693. The van der Waals surface area contributed by atoms with Crippen LogP contribution in [0.4, 0.5) is 0 Å². The van der Waals surface area contributed by atoms with Crippen molar-refractivity contribution in [3.8, 4) is 0 Å². The maximum absolute atomic E-state index is 11.5. The average molecular weight is 245 g/mol. The Labute approximate surface area is 102 Å². The number of amides is 2. The molecule has 0 bridgehead atoms. The first-order chi connectivity index (χ1) is 8.01. The van der Waals surface area contributed by atoms with Crippen molar-refractivity contribution in [1.82, 2.24) is 16.0 Å². The summed E-state index contributed by atoms with van der Waals surface area (Å²) in [7, 11) is 3.70. The van der Waals surface area contributed by atoms with Crippen molar-refractivity contribution in [3.63, 3.8) is 0 Å². The molecule has 17 heavy (non-hydrogen) atoms. The molecule has 0 rings (SSSR count). The first kappa shape index (κ1) is 15.8. The van der Waals surface area contributed by atoms with Crippen LogP contribution in [-0.4, -0.2) is 51.1 Å². The van der Waals surface area contributed by atoms with E-state index in [1.165, 1.54) is 0 Å². The molecule has 0 heterocycles. The van der Waals surface area contributed by atoms with Crippen LogP contribution in [0.1, 0.15) is 12.8 Å². The van der Waals surface area contributed by atoms with Crippen molar-refractivity contribution < 1.29 is 9.59 Å². The van der Waals surface area contributed by atoms with Gasteiger partial charge in [0.1, 0.15) is 0 Å². The Morgan fingerprint density at radius 2 is 1.94 bits per heavy atom. The van der Waals surface area contributed by atoms with Gasteiger partial charge in [0.2, 0.25) is 11.8 Å². The van der Waals surface area contributed by atoms with E-state index < -0.39 is 11.9 Å². The van der Waals surface area contributed by atoms with Gasteiger partial charge in [0.05, 0.1) is 12.5 Å². The lowest BCUT2D eigenvalue weighted by Gasteiger charge is -2.18. The number of primary amides is 1. The van der Waals surface area contributed by atoms with Crippen LogP contribution in [0.5, 0.6) is 0 Å². The summed E-state index contributed by atoms with van der Waals surface area (Å²) in [5, 5.41) is 8.80. The van der Waals surface area contributed by atoms with Crippen molar-refractivity contribution in [3.05, 3.63) is 0 Å². The molecule has 2 atom stereocenters. The van der Waals surface area contributed by atoms with Crippen LogP contribution in [0.15, 0.2) is 0 Å². The van der Waals surface area contributed by atoms with Crippen LogP contribution in [0.3, 0.4) is 0 Å². The van der Waals surface area contributed by atoms with Crippen LogP contribution < -0.4 is 27.4 Å². The fourth-order valence-electron chi connectivity index (χ4n) is 1.33. The van der Waals surface area contributed by atoms with Crippen LogP contribution in [0.2, 0.25) is 0 Å². The Balaban J connectivity index is 3.90. The number of likely N-dealkylation sites (N-methyl/N-ethyl adjacent to an activating group) is 1. The summed E-state index contributed by atoms with van der Waals surface area (Å²) >= 11 is 0. The Morgan fingerprint density at radius 1 is 1.29 bits per heavy atom. The molecule has 2 amide bonds. The van der Waals surface area contributed by atoms with Crippen LogP contribution >= 0.6 is 0 Å². The van der Waals surface area contributed by atoms with Crippen molar-refractivity contribution >= 4 is 11.8 Å². The van der Waals surface area contributed by atoms with E-state index in [2.05, 4.69) is 16.0 Å². The fourth-order valence-corrected chi connectivity index (χ4v) is 1.33. The summed E-state index contributed by atoms with van der Waals surface area (Å²) in [5.41, 5.74) is 10.5. The van der Waals surface area contributed by atoms with Gasteiger partial charge >= 0.3 is 0 Å². The lowest BCUT2D eigenvalue weighted by Crippen LogP contribution is -2.47. The molecule has 7 nitrogen and oxygen atoms in total. The highest BCUT2D eigenvalue weighted by atomic mass is 16.2. The zero-order valence-corrected chi connectivity index (χ0v) is 10.5. The number of nitrogens with one attached hydrogen (secondary N) is 3. The minimum atomic E-state index is -0.866. The van der Waals surface area contributed by atoms with Gasteiger partial charge in [0.25, 0.3) is 0 Å². The van der Waals surface area contributed by atoms with E-state index in [0.29, 0.717) is 6.54 Å². The lowest BCUT2D eigenvalue weighted by molar-refractivity contribution is -0.126. The standard InChI is InChI=1S/C10H23N5O2/c1-13-4-3-7(14-2)6-15-10(17)8(11)5-9(12)16/h7-8,13-14H,3-6,11H2,1-2H3,(H2,12,16)(H,15,17)/t7-,8-/m0/s1. The summed E-state index contributed by atoms with van der Waals surface area (Å²) in [4.78, 5) is 22.1. The van der Waals surface area contributed by atoms with E-state index in [1.807, 2.05) is 14.1 Å². The lowest BCUT2D eigenvalue weighted by atomic mass is 10.1. The molecular weight excluding hydrogens is 222 g/mol. The highest BCUT2D eigenvalue weighted by molar-refractivity contribution is 5.87. The quantitative estimate of drug-likeness (QED) is 0.307. The van der Waals surface area contributed by atoms with E-state index in [-0.39, 0.29) is 18.4 Å². The van der Waals surface area contributed by atoms with E-state index in [4.69, 9.17) is 11.5 Å². The molecule has 7 heteroatoms. The van der Waals surface area contributed by atoms with E-state index in [9.17, 15) is 9.59 Å². The third-order valence-corrected chi connectivity index (χ3v) is 2.43. The largest absolute Gasteiger partial charge is 0.370 e. The van der Waals surface area contributed by atoms with E-state index in [1.54, 1.807) is 0 Å². The molecule has 100 valence electrons. The van der Waals surface area contributed by atoms with Crippen LogP contribution in [-0.2, 0) is 9.59 Å². The average Bonchev–Trinajstić information content (AvgIpc) is 2.28. The number of nitrogens with two attached hydrogens (primary N) is 2. The number of hydrogen-bond donors (Lipinski definition) is 5. The molecule has 0 aromatic carbocycles. The van der Waals surface area contributed by atoms with E-state index in [0.717, 1.165) is 13.0 Å². The first-order valence-corrected chi connectivity index (χ1v) is 5.64. The number of carbonyl (C=O) groups is 2. The van der Waals surface area contributed by atoms with Gasteiger partial charge in [-0.05, 0) is 27.1 Å². The molecule has 0 fully saturated rings. The second kappa shape index (κ2) is 8.91. The van der Waals surface area contributed by atoms with Gasteiger partial charge in [-0.25, -0.2) is 0 Å². The summed E-state index contributed by atoms with van der Waals surface area (Å²) < 4.78 is 0. The third-order valence-electron chi connectivity index (χ3n) is 2.43. The molecule has 0 saturated carbocycles. The first-order valence-electron chi connectivity index (χ1n) is 5.64. The molecule has 0 aromatic heterocycles. The molecular formula is C10H23N5O2. The smallest absolute Gasteiger partial charge is 0.237 e. The summed E-state index contributed by atoms with van der Waals surface area (Å²) in [6.07, 6.45) is 0.755. The van der Waals surface area contributed by atoms with Crippen LogP contribution in [0.25, 0.3) is 0 Å². The molecule has 0 radical (unpaired) electrons. The summed E-state index contributed by atoms with van der Waals surface area (Å²) in [6.45, 7) is 1.33. The molecule has 0 aliphatic carbocycles. The number of hydrogen-bond acceptors (Lipinski definition) is 5. The van der Waals surface area contributed by atoms with Crippen molar-refractivity contribution in [1.29, 1.82) is 0 Å². The van der Waals surface area contributed by atoms with Gasteiger partial charge in [-0.15, -0.1) is 0 Å². The highest BCUT2D eigenvalue weighted by Crippen LogP contribution is 1.90. The van der Waals surface area contributed by atoms with Crippen molar-refractivity contribution in [2.45, 2.75) is 24.9 Å². The van der Waals surface area contributed by atoms with Gasteiger partial charge in [0, 0.05) is 12.6 Å². The molecule has 0 spiro atoms. The van der Waals surface area contributed by atoms with Gasteiger partial charge < -0.3 is 27.4 Å². The zero-order valence-electron chi connectivity index (χ0n) is 10.5. The third kappa shape index (κ3) is 7.67. The SMILES string of the molecule is CNCC[C@@H](CNC(=O)[C@@H](N)CC(N)=O)NC. The topological polar surface area (TPSA) is 122 Å². The number of carbonyl (C=O) groups excluding carboxylic acids is 2. The van der Waals surface area contributed by atoms with Crippen LogP contribution in [0, 0.1) is 0 Å². The van der Waals surface area contributed by atoms with Crippen molar-refractivity contribution in [2.75, 3.05) is 27.2 Å². The maximum atomic E-state index is 11.5. The molecule has 0 aromatic rings. The maximum Gasteiger partial charge on any atom is 0.237 e. The second-order valence-electron chi connectivity index (χ2n) is 3.90. The fraction of sp³-hybridized carbons (Fsp3) is 0.800.